The van der Waals surface area contributed by atoms with E-state index in [2.05, 4.69) is 33.1 Å². The molecule has 2 aromatic rings. The number of nitriles is 1. The molecule has 1 aliphatic heterocycles. The fourth-order valence-corrected chi connectivity index (χ4v) is 3.15. The molecule has 0 spiro atoms. The molecule has 3 rings (SSSR count). The molecule has 8 heteroatoms. The van der Waals surface area contributed by atoms with Crippen molar-refractivity contribution in [3.05, 3.63) is 59.7 Å². The Bertz CT molecular complexity index is 1000. The molecule has 0 saturated carbocycles. The lowest BCUT2D eigenvalue weighted by atomic mass is 10.1. The highest BCUT2D eigenvalue weighted by molar-refractivity contribution is 6.00. The number of nitrogens with two attached hydrogens (primary N) is 1. The van der Waals surface area contributed by atoms with Crippen LogP contribution in [0.15, 0.2) is 47.6 Å². The van der Waals surface area contributed by atoms with Crippen LogP contribution < -0.4 is 5.73 Å². The van der Waals surface area contributed by atoms with Crippen molar-refractivity contribution in [2.75, 3.05) is 6.54 Å². The molecule has 2 N–H and O–H groups in total. The Labute approximate surface area is 178 Å². The first kappa shape index (κ1) is 22.8. The van der Waals surface area contributed by atoms with Crippen molar-refractivity contribution in [3.63, 3.8) is 0 Å². The van der Waals surface area contributed by atoms with Crippen LogP contribution in [0.2, 0.25) is 0 Å². The van der Waals surface area contributed by atoms with Crippen LogP contribution in [0.25, 0.3) is 5.65 Å². The third-order valence-electron chi connectivity index (χ3n) is 4.34. The zero-order valence-corrected chi connectivity index (χ0v) is 18.2. The van der Waals surface area contributed by atoms with Crippen LogP contribution in [-0.2, 0) is 13.0 Å². The first-order valence-electron chi connectivity index (χ1n) is 10.3. The highest BCUT2D eigenvalue weighted by Crippen LogP contribution is 2.18. The smallest absolute Gasteiger partial charge is 0.162 e. The highest BCUT2D eigenvalue weighted by Gasteiger charge is 2.15. The van der Waals surface area contributed by atoms with Crippen molar-refractivity contribution < 1.29 is 0 Å². The maximum atomic E-state index is 9.19. The molecule has 158 valence electrons. The molecule has 0 aliphatic carbocycles. The van der Waals surface area contributed by atoms with Gasteiger partial charge >= 0.3 is 0 Å². The van der Waals surface area contributed by atoms with Gasteiger partial charge in [0.1, 0.15) is 23.9 Å². The van der Waals surface area contributed by atoms with Crippen molar-refractivity contribution in [2.24, 2.45) is 10.7 Å². The number of nitrogens with zero attached hydrogens (tertiary/aromatic N) is 7. The number of hydrogen-bond acceptors (Lipinski definition) is 7. The Balaban J connectivity index is 0.00000155. The normalized spacial score (nSPS) is 13.3. The van der Waals surface area contributed by atoms with Gasteiger partial charge in [-0.15, -0.1) is 0 Å². The van der Waals surface area contributed by atoms with E-state index in [4.69, 9.17) is 5.73 Å². The minimum Gasteiger partial charge on any atom is -0.403 e. The van der Waals surface area contributed by atoms with Gasteiger partial charge in [-0.25, -0.2) is 19.5 Å². The van der Waals surface area contributed by atoms with Crippen LogP contribution in [-0.4, -0.2) is 36.7 Å². The number of rotatable bonds is 7. The molecule has 0 fully saturated rings. The minimum absolute atomic E-state index is 0.502. The van der Waals surface area contributed by atoms with Gasteiger partial charge < -0.3 is 10.6 Å². The summed E-state index contributed by atoms with van der Waals surface area (Å²) in [5.74, 6) is 0.726. The van der Waals surface area contributed by atoms with E-state index < -0.39 is 0 Å². The maximum absolute atomic E-state index is 9.19. The summed E-state index contributed by atoms with van der Waals surface area (Å²) in [6.07, 6.45) is 13.2. The second-order valence-corrected chi connectivity index (χ2v) is 6.55. The van der Waals surface area contributed by atoms with Crippen molar-refractivity contribution >= 4 is 11.4 Å². The minimum atomic E-state index is 0.502. The van der Waals surface area contributed by atoms with Crippen LogP contribution in [0.5, 0.6) is 0 Å². The third kappa shape index (κ3) is 5.77. The highest BCUT2D eigenvalue weighted by atomic mass is 15.3. The number of aliphatic imine (C=N–C) groups is 1. The second-order valence-electron chi connectivity index (χ2n) is 6.55. The average Bonchev–Trinajstić information content (AvgIpc) is 2.98. The lowest BCUT2D eigenvalue weighted by Gasteiger charge is -2.21. The van der Waals surface area contributed by atoms with Gasteiger partial charge in [0.15, 0.2) is 5.65 Å². The molecule has 0 atom stereocenters. The molecular weight excluding hydrogens is 376 g/mol. The van der Waals surface area contributed by atoms with E-state index in [1.165, 1.54) is 6.20 Å². The molecule has 0 saturated heterocycles. The largest absolute Gasteiger partial charge is 0.403 e. The van der Waals surface area contributed by atoms with Gasteiger partial charge in [0, 0.05) is 24.4 Å². The third-order valence-corrected chi connectivity index (χ3v) is 4.34. The molecule has 0 amide bonds. The van der Waals surface area contributed by atoms with E-state index in [0.717, 1.165) is 41.3 Å². The zero-order chi connectivity index (χ0) is 21.9. The summed E-state index contributed by atoms with van der Waals surface area (Å²) in [7, 11) is 0. The van der Waals surface area contributed by atoms with Crippen LogP contribution in [0.4, 0.5) is 0 Å². The molecule has 2 aromatic heterocycles. The molecule has 1 aliphatic rings. The molecular formula is C22H30N8. The van der Waals surface area contributed by atoms with Crippen molar-refractivity contribution in [3.8, 4) is 6.07 Å². The topological polar surface area (TPSA) is 108 Å². The summed E-state index contributed by atoms with van der Waals surface area (Å²) in [5.41, 5.74) is 9.86. The molecule has 0 bridgehead atoms. The van der Waals surface area contributed by atoms with Gasteiger partial charge in [-0.05, 0) is 19.4 Å². The second kappa shape index (κ2) is 11.5. The van der Waals surface area contributed by atoms with Gasteiger partial charge in [-0.2, -0.15) is 10.4 Å². The number of hydrogen-bond donors (Lipinski definition) is 1. The van der Waals surface area contributed by atoms with Crippen molar-refractivity contribution in [2.45, 2.75) is 53.5 Å². The van der Waals surface area contributed by atoms with E-state index in [9.17, 15) is 5.26 Å². The maximum Gasteiger partial charge on any atom is 0.162 e. The molecule has 8 nitrogen and oxygen atoms in total. The van der Waals surface area contributed by atoms with Gasteiger partial charge in [0.2, 0.25) is 0 Å². The summed E-state index contributed by atoms with van der Waals surface area (Å²) < 4.78 is 1.73. The van der Waals surface area contributed by atoms with Crippen molar-refractivity contribution in [1.29, 1.82) is 5.26 Å². The standard InChI is InChI=1S/C20H24N8.C2H6/c1-3-6-18-19(23-14-28-20(18)24-15(2)26-28)13-27(10-9-21)12-17-8-5-4-7-16(11-22)25-17;1-2/h4-5,8-10,14H,3,6-7,12-13,21H2,1-2H3;1-2H3/b10-9-;. The summed E-state index contributed by atoms with van der Waals surface area (Å²) in [5, 5.41) is 13.6. The van der Waals surface area contributed by atoms with E-state index >= 15 is 0 Å². The monoisotopic (exact) mass is 406 g/mol. The predicted molar refractivity (Wildman–Crippen MR) is 119 cm³/mol. The van der Waals surface area contributed by atoms with E-state index in [0.29, 0.717) is 25.2 Å². The van der Waals surface area contributed by atoms with E-state index in [1.54, 1.807) is 10.8 Å². The Morgan fingerprint density at radius 1 is 1.33 bits per heavy atom. The van der Waals surface area contributed by atoms with Gasteiger partial charge in [-0.3, -0.25) is 0 Å². The lowest BCUT2D eigenvalue weighted by molar-refractivity contribution is 0.390. The summed E-state index contributed by atoms with van der Waals surface area (Å²) in [6, 6.07) is 2.14. The van der Waals surface area contributed by atoms with E-state index in [1.807, 2.05) is 50.1 Å². The van der Waals surface area contributed by atoms with Crippen LogP contribution >= 0.6 is 0 Å². The first-order chi connectivity index (χ1) is 14.6. The predicted octanol–water partition coefficient (Wildman–Crippen LogP) is 3.45. The summed E-state index contributed by atoms with van der Waals surface area (Å²) >= 11 is 0. The molecule has 0 unspecified atom stereocenters. The first-order valence-corrected chi connectivity index (χ1v) is 10.3. The Morgan fingerprint density at radius 2 is 2.13 bits per heavy atom. The van der Waals surface area contributed by atoms with Gasteiger partial charge in [0.25, 0.3) is 0 Å². The zero-order valence-electron chi connectivity index (χ0n) is 18.2. The number of allylic oxidation sites excluding steroid dienone is 3. The Morgan fingerprint density at radius 3 is 2.83 bits per heavy atom. The Kier molecular flexibility index (Phi) is 8.75. The fraction of sp³-hybridized carbons (Fsp3) is 0.409. The molecule has 0 aromatic carbocycles. The van der Waals surface area contributed by atoms with Gasteiger partial charge in [0.05, 0.1) is 24.5 Å². The average molecular weight is 407 g/mol. The number of aryl methyl sites for hydroxylation is 2. The van der Waals surface area contributed by atoms with Gasteiger partial charge in [-0.1, -0.05) is 39.3 Å². The molecule has 30 heavy (non-hydrogen) atoms. The number of fused-ring (bicyclic) bond motifs is 1. The van der Waals surface area contributed by atoms with Crippen LogP contribution in [0, 0.1) is 18.3 Å². The summed E-state index contributed by atoms with van der Waals surface area (Å²) in [6.45, 7) is 9.09. The fourth-order valence-electron chi connectivity index (χ4n) is 3.15. The van der Waals surface area contributed by atoms with Crippen LogP contribution in [0.1, 0.15) is 50.7 Å². The Hall–Kier alpha value is -3.47. The van der Waals surface area contributed by atoms with Crippen LogP contribution in [0.3, 0.4) is 0 Å². The van der Waals surface area contributed by atoms with Crippen molar-refractivity contribution in [1.82, 2.24) is 24.5 Å². The van der Waals surface area contributed by atoms with E-state index in [-0.39, 0.29) is 0 Å². The SMILES string of the molecule is CC.CCCc1c(CN(/C=C\N)CC2=CC=CCC(C#N)=N2)ncn2nc(C)nc12. The molecule has 0 radical (unpaired) electrons. The summed E-state index contributed by atoms with van der Waals surface area (Å²) in [4.78, 5) is 15.7. The molecule has 3 heterocycles. The quantitative estimate of drug-likeness (QED) is 0.754. The number of aromatic nitrogens is 4. The lowest BCUT2D eigenvalue weighted by Crippen LogP contribution is -2.22.